The average Bonchev–Trinajstić information content (AvgIpc) is 3.38. The lowest BCUT2D eigenvalue weighted by Gasteiger charge is -2.39. The van der Waals surface area contributed by atoms with E-state index in [4.69, 9.17) is 4.98 Å². The SMILES string of the molecule is Cc1ccc2nc(C3CCC(N4CCN(c5ccc(C(=O)NCC(F)(F)F)nc5F)CC4)C3)[nH]c(=O)c2c1. The number of hydrogen-bond donors (Lipinski definition) is 2. The van der Waals surface area contributed by atoms with Gasteiger partial charge in [0.15, 0.2) is 0 Å². The molecule has 1 saturated heterocycles. The lowest BCUT2D eigenvalue weighted by atomic mass is 10.1. The normalized spacial score (nSPS) is 20.7. The summed E-state index contributed by atoms with van der Waals surface area (Å²) in [5, 5.41) is 2.29. The van der Waals surface area contributed by atoms with Gasteiger partial charge in [-0.1, -0.05) is 11.6 Å². The molecule has 12 heteroatoms. The Bertz CT molecular complexity index is 1400. The number of alkyl halides is 3. The Morgan fingerprint density at radius 3 is 2.58 bits per heavy atom. The van der Waals surface area contributed by atoms with Gasteiger partial charge in [0.25, 0.3) is 11.5 Å². The summed E-state index contributed by atoms with van der Waals surface area (Å²) in [5.74, 6) is -1.08. The highest BCUT2D eigenvalue weighted by Gasteiger charge is 2.34. The largest absolute Gasteiger partial charge is 0.405 e. The van der Waals surface area contributed by atoms with Crippen LogP contribution >= 0.6 is 0 Å². The summed E-state index contributed by atoms with van der Waals surface area (Å²) in [6, 6.07) is 8.61. The van der Waals surface area contributed by atoms with Crippen molar-refractivity contribution in [2.75, 3.05) is 37.6 Å². The third kappa shape index (κ3) is 5.64. The standard InChI is InChI=1S/C26H28F4N6O2/c1-15-2-5-19-18(12-15)24(37)34-23(33-19)16-3-4-17(13-16)35-8-10-36(11-9-35)21-7-6-20(32-22(21)27)25(38)31-14-26(28,29)30/h2,5-7,12,16-17H,3-4,8-11,13-14H2,1H3,(H,31,38)(H,33,34,37). The van der Waals surface area contributed by atoms with Crippen LogP contribution in [0.25, 0.3) is 10.9 Å². The fourth-order valence-electron chi connectivity index (χ4n) is 5.39. The van der Waals surface area contributed by atoms with Crippen molar-refractivity contribution in [3.05, 3.63) is 63.7 Å². The predicted molar refractivity (Wildman–Crippen MR) is 134 cm³/mol. The first kappa shape index (κ1) is 26.1. The third-order valence-electron chi connectivity index (χ3n) is 7.35. The highest BCUT2D eigenvalue weighted by Crippen LogP contribution is 2.36. The number of rotatable bonds is 5. The van der Waals surface area contributed by atoms with Gasteiger partial charge in [-0.2, -0.15) is 17.6 Å². The van der Waals surface area contributed by atoms with Crippen LogP contribution in [0, 0.1) is 12.9 Å². The molecule has 1 saturated carbocycles. The lowest BCUT2D eigenvalue weighted by molar-refractivity contribution is -0.123. The van der Waals surface area contributed by atoms with Gasteiger partial charge in [0.1, 0.15) is 18.1 Å². The Hall–Kier alpha value is -3.54. The first-order valence-electron chi connectivity index (χ1n) is 12.6. The van der Waals surface area contributed by atoms with Crippen molar-refractivity contribution in [2.45, 2.75) is 44.3 Å². The van der Waals surface area contributed by atoms with E-state index < -0.39 is 30.3 Å². The zero-order valence-electron chi connectivity index (χ0n) is 20.8. The van der Waals surface area contributed by atoms with Crippen molar-refractivity contribution in [3.8, 4) is 0 Å². The molecule has 2 aliphatic rings. The molecule has 1 aliphatic carbocycles. The van der Waals surface area contributed by atoms with Gasteiger partial charge in [-0.05, 0) is 50.5 Å². The van der Waals surface area contributed by atoms with Crippen molar-refractivity contribution >= 4 is 22.5 Å². The topological polar surface area (TPSA) is 94.2 Å². The fraction of sp³-hybridized carbons (Fsp3) is 0.462. The summed E-state index contributed by atoms with van der Waals surface area (Å²) >= 11 is 0. The zero-order chi connectivity index (χ0) is 27.0. The summed E-state index contributed by atoms with van der Waals surface area (Å²) in [6.45, 7) is 2.92. The van der Waals surface area contributed by atoms with Gasteiger partial charge in [0.2, 0.25) is 5.95 Å². The number of pyridine rings is 1. The van der Waals surface area contributed by atoms with E-state index in [-0.39, 0.29) is 17.2 Å². The Labute approximate surface area is 216 Å². The van der Waals surface area contributed by atoms with Crippen LogP contribution < -0.4 is 15.8 Å². The van der Waals surface area contributed by atoms with Gasteiger partial charge >= 0.3 is 6.18 Å². The molecule has 2 atom stereocenters. The summed E-state index contributed by atoms with van der Waals surface area (Å²) in [5.41, 5.74) is 1.41. The van der Waals surface area contributed by atoms with Crippen LogP contribution in [0.5, 0.6) is 0 Å². The van der Waals surface area contributed by atoms with Crippen LogP contribution in [0.15, 0.2) is 35.1 Å². The molecule has 8 nitrogen and oxygen atoms in total. The van der Waals surface area contributed by atoms with Crippen LogP contribution in [-0.4, -0.2) is 70.7 Å². The van der Waals surface area contributed by atoms with Crippen LogP contribution in [0.4, 0.5) is 23.2 Å². The van der Waals surface area contributed by atoms with Crippen LogP contribution in [0.2, 0.25) is 0 Å². The van der Waals surface area contributed by atoms with Crippen molar-refractivity contribution in [3.63, 3.8) is 0 Å². The molecule has 1 aliphatic heterocycles. The van der Waals surface area contributed by atoms with Crippen LogP contribution in [0.3, 0.4) is 0 Å². The molecule has 2 fully saturated rings. The molecule has 2 unspecified atom stereocenters. The van der Waals surface area contributed by atoms with Crippen molar-refractivity contribution in [1.29, 1.82) is 0 Å². The van der Waals surface area contributed by atoms with E-state index >= 15 is 0 Å². The zero-order valence-corrected chi connectivity index (χ0v) is 20.8. The quantitative estimate of drug-likeness (QED) is 0.386. The Morgan fingerprint density at radius 2 is 1.87 bits per heavy atom. The number of aryl methyl sites for hydroxylation is 1. The Morgan fingerprint density at radius 1 is 1.11 bits per heavy atom. The van der Waals surface area contributed by atoms with Crippen molar-refractivity contribution in [1.82, 2.24) is 25.2 Å². The van der Waals surface area contributed by atoms with E-state index in [0.717, 1.165) is 30.7 Å². The Kier molecular flexibility index (Phi) is 7.08. The number of benzene rings is 1. The number of aromatic nitrogens is 3. The molecule has 38 heavy (non-hydrogen) atoms. The van der Waals surface area contributed by atoms with Crippen LogP contribution in [0.1, 0.15) is 47.1 Å². The number of H-pyrrole nitrogens is 1. The second kappa shape index (κ2) is 10.3. The van der Waals surface area contributed by atoms with E-state index in [2.05, 4.69) is 14.9 Å². The predicted octanol–water partition coefficient (Wildman–Crippen LogP) is 3.52. The number of piperazine rings is 1. The van der Waals surface area contributed by atoms with E-state index in [1.165, 1.54) is 12.1 Å². The van der Waals surface area contributed by atoms with E-state index in [0.29, 0.717) is 43.1 Å². The summed E-state index contributed by atoms with van der Waals surface area (Å²) in [6.07, 6.45) is -1.80. The van der Waals surface area contributed by atoms with Gasteiger partial charge in [-0.15, -0.1) is 0 Å². The smallest absolute Gasteiger partial charge is 0.365 e. The number of aromatic amines is 1. The molecule has 0 radical (unpaired) electrons. The monoisotopic (exact) mass is 532 g/mol. The molecule has 202 valence electrons. The van der Waals surface area contributed by atoms with Gasteiger partial charge in [-0.25, -0.2) is 9.97 Å². The van der Waals surface area contributed by atoms with Crippen LogP contribution in [-0.2, 0) is 0 Å². The number of carbonyl (C=O) groups is 1. The van der Waals surface area contributed by atoms with Gasteiger partial charge in [0.05, 0.1) is 16.6 Å². The minimum atomic E-state index is -4.56. The van der Waals surface area contributed by atoms with Gasteiger partial charge < -0.3 is 15.2 Å². The minimum absolute atomic E-state index is 0.120. The maximum atomic E-state index is 14.7. The lowest BCUT2D eigenvalue weighted by Crippen LogP contribution is -2.50. The molecule has 0 bridgehead atoms. The number of amides is 1. The van der Waals surface area contributed by atoms with Gasteiger partial charge in [0, 0.05) is 38.1 Å². The summed E-state index contributed by atoms with van der Waals surface area (Å²) in [4.78, 5) is 40.0. The van der Waals surface area contributed by atoms with Gasteiger partial charge in [-0.3, -0.25) is 14.5 Å². The maximum Gasteiger partial charge on any atom is 0.405 e. The second-order valence-electron chi connectivity index (χ2n) is 9.96. The number of halogens is 4. The molecule has 2 aromatic heterocycles. The molecule has 2 N–H and O–H groups in total. The van der Waals surface area contributed by atoms with E-state index in [1.807, 2.05) is 30.0 Å². The molecular formula is C26H28F4N6O2. The fourth-order valence-corrected chi connectivity index (χ4v) is 5.39. The first-order valence-corrected chi connectivity index (χ1v) is 12.6. The number of hydrogen-bond acceptors (Lipinski definition) is 6. The average molecular weight is 533 g/mol. The Balaban J connectivity index is 1.18. The molecule has 3 heterocycles. The maximum absolute atomic E-state index is 14.7. The molecule has 5 rings (SSSR count). The highest BCUT2D eigenvalue weighted by atomic mass is 19.4. The third-order valence-corrected chi connectivity index (χ3v) is 7.35. The number of anilines is 1. The number of carbonyl (C=O) groups excluding carboxylic acids is 1. The van der Waals surface area contributed by atoms with Crippen molar-refractivity contribution in [2.24, 2.45) is 0 Å². The summed E-state index contributed by atoms with van der Waals surface area (Å²) < 4.78 is 51.6. The minimum Gasteiger partial charge on any atom is -0.365 e. The number of nitrogens with zero attached hydrogens (tertiary/aromatic N) is 4. The molecule has 0 spiro atoms. The van der Waals surface area contributed by atoms with E-state index in [9.17, 15) is 27.2 Å². The van der Waals surface area contributed by atoms with Crippen molar-refractivity contribution < 1.29 is 22.4 Å². The number of nitrogens with one attached hydrogen (secondary N) is 2. The molecule has 3 aromatic rings. The van der Waals surface area contributed by atoms with E-state index in [1.54, 1.807) is 5.32 Å². The molecular weight excluding hydrogens is 504 g/mol. The molecule has 1 aromatic carbocycles. The number of fused-ring (bicyclic) bond motifs is 1. The molecule has 1 amide bonds. The second-order valence-corrected chi connectivity index (χ2v) is 9.96. The first-order chi connectivity index (χ1) is 18.1. The summed E-state index contributed by atoms with van der Waals surface area (Å²) in [7, 11) is 0. The highest BCUT2D eigenvalue weighted by molar-refractivity contribution is 5.92.